The van der Waals surface area contributed by atoms with Gasteiger partial charge in [-0.2, -0.15) is 0 Å². The fourth-order valence-corrected chi connectivity index (χ4v) is 2.28. The second-order valence-corrected chi connectivity index (χ2v) is 6.05. The van der Waals surface area contributed by atoms with Gasteiger partial charge >= 0.3 is 11.9 Å². The van der Waals surface area contributed by atoms with Crippen LogP contribution in [0.1, 0.15) is 11.1 Å². The minimum atomic E-state index is -0.415. The molecule has 6 heteroatoms. The van der Waals surface area contributed by atoms with Crippen molar-refractivity contribution in [3.63, 3.8) is 0 Å². The number of carbonyl (C=O) groups is 2. The molecule has 0 N–H and O–H groups in total. The maximum atomic E-state index is 11.6. The third kappa shape index (κ3) is 10.9. The topological polar surface area (TPSA) is 71.1 Å². The third-order valence-corrected chi connectivity index (χ3v) is 3.74. The monoisotopic (exact) mass is 410 g/mol. The van der Waals surface area contributed by atoms with Crippen LogP contribution in [0, 0.1) is 0 Å². The Balaban J connectivity index is 1.40. The molecule has 2 rings (SSSR count). The van der Waals surface area contributed by atoms with Crippen molar-refractivity contribution in [2.24, 2.45) is 0 Å². The maximum Gasteiger partial charge on any atom is 0.330 e. The van der Waals surface area contributed by atoms with E-state index in [-0.39, 0.29) is 26.4 Å². The van der Waals surface area contributed by atoms with Gasteiger partial charge in [-0.15, -0.1) is 0 Å². The summed E-state index contributed by atoms with van der Waals surface area (Å²) in [6.07, 6.45) is 6.16. The number of benzene rings is 2. The van der Waals surface area contributed by atoms with Crippen molar-refractivity contribution in [2.45, 2.75) is 0 Å². The van der Waals surface area contributed by atoms with Crippen LogP contribution in [-0.4, -0.2) is 51.6 Å². The Morgan fingerprint density at radius 1 is 0.567 bits per heavy atom. The third-order valence-electron chi connectivity index (χ3n) is 3.74. The van der Waals surface area contributed by atoms with Crippen molar-refractivity contribution in [1.82, 2.24) is 0 Å². The molecule has 2 aromatic rings. The fraction of sp³-hybridized carbons (Fsp3) is 0.250. The number of hydrogen-bond acceptors (Lipinski definition) is 6. The van der Waals surface area contributed by atoms with E-state index >= 15 is 0 Å². The lowest BCUT2D eigenvalue weighted by Crippen LogP contribution is -2.14. The van der Waals surface area contributed by atoms with Crippen LogP contribution in [0.2, 0.25) is 0 Å². The van der Waals surface area contributed by atoms with Crippen LogP contribution in [0.25, 0.3) is 12.2 Å². The SMILES string of the molecule is O=C(C=Cc1ccccc1)OCCOCCOCCOC(=O)C=Cc1ccccc1. The van der Waals surface area contributed by atoms with E-state index in [1.807, 2.05) is 60.7 Å². The molecule has 6 nitrogen and oxygen atoms in total. The second kappa shape index (κ2) is 14.7. The summed E-state index contributed by atoms with van der Waals surface area (Å²) in [6.45, 7) is 1.63. The van der Waals surface area contributed by atoms with Crippen LogP contribution in [0.4, 0.5) is 0 Å². The molecule has 0 bridgehead atoms. The molecule has 0 aromatic heterocycles. The first-order chi connectivity index (χ1) is 14.7. The Kier molecular flexibility index (Phi) is 11.3. The summed E-state index contributed by atoms with van der Waals surface area (Å²) in [6, 6.07) is 19.0. The number of rotatable bonds is 13. The van der Waals surface area contributed by atoms with E-state index in [4.69, 9.17) is 18.9 Å². The average Bonchev–Trinajstić information content (AvgIpc) is 2.79. The molecule has 0 radical (unpaired) electrons. The number of hydrogen-bond donors (Lipinski definition) is 0. The van der Waals surface area contributed by atoms with Crippen molar-refractivity contribution in [2.75, 3.05) is 39.6 Å². The summed E-state index contributed by atoms with van der Waals surface area (Å²) >= 11 is 0. The minimum absolute atomic E-state index is 0.170. The molecule has 0 aliphatic heterocycles. The summed E-state index contributed by atoms with van der Waals surface area (Å²) in [5.41, 5.74) is 1.86. The molecule has 0 spiro atoms. The molecule has 0 amide bonds. The molecule has 0 aliphatic carbocycles. The molecule has 0 fully saturated rings. The molecule has 0 unspecified atom stereocenters. The zero-order valence-corrected chi connectivity index (χ0v) is 16.8. The van der Waals surface area contributed by atoms with Gasteiger partial charge in [-0.05, 0) is 23.3 Å². The van der Waals surface area contributed by atoms with Crippen LogP contribution in [0.15, 0.2) is 72.8 Å². The minimum Gasteiger partial charge on any atom is -0.460 e. The summed E-state index contributed by atoms with van der Waals surface area (Å²) in [7, 11) is 0. The van der Waals surface area contributed by atoms with Gasteiger partial charge < -0.3 is 18.9 Å². The summed E-state index contributed by atoms with van der Waals surface area (Å²) in [5, 5.41) is 0. The number of carbonyl (C=O) groups excluding carboxylic acids is 2. The molecular weight excluding hydrogens is 384 g/mol. The highest BCUT2D eigenvalue weighted by Crippen LogP contribution is 2.02. The first-order valence-electron chi connectivity index (χ1n) is 9.69. The zero-order valence-electron chi connectivity index (χ0n) is 16.8. The predicted molar refractivity (Wildman–Crippen MR) is 115 cm³/mol. The highest BCUT2D eigenvalue weighted by atomic mass is 16.6. The molecule has 0 saturated carbocycles. The van der Waals surface area contributed by atoms with Crippen molar-refractivity contribution < 1.29 is 28.5 Å². The largest absolute Gasteiger partial charge is 0.460 e. The Labute approximate surface area is 176 Å². The fourth-order valence-electron chi connectivity index (χ4n) is 2.28. The summed E-state index contributed by atoms with van der Waals surface area (Å²) < 4.78 is 20.7. The molecule has 0 heterocycles. The molecular formula is C24H26O6. The van der Waals surface area contributed by atoms with Gasteiger partial charge in [-0.3, -0.25) is 0 Å². The van der Waals surface area contributed by atoms with Crippen LogP contribution in [0.3, 0.4) is 0 Å². The Bertz CT molecular complexity index is 729. The van der Waals surface area contributed by atoms with Gasteiger partial charge in [0, 0.05) is 12.2 Å². The van der Waals surface area contributed by atoms with Gasteiger partial charge in [-0.25, -0.2) is 9.59 Å². The van der Waals surface area contributed by atoms with Gasteiger partial charge in [0.05, 0.1) is 26.4 Å². The molecule has 0 aliphatic rings. The van der Waals surface area contributed by atoms with Gasteiger partial charge in [0.25, 0.3) is 0 Å². The van der Waals surface area contributed by atoms with Gasteiger partial charge in [0.1, 0.15) is 13.2 Å². The van der Waals surface area contributed by atoms with E-state index in [1.165, 1.54) is 12.2 Å². The van der Waals surface area contributed by atoms with Crippen molar-refractivity contribution in [1.29, 1.82) is 0 Å². The average molecular weight is 410 g/mol. The van der Waals surface area contributed by atoms with Crippen molar-refractivity contribution >= 4 is 24.1 Å². The standard InChI is InChI=1S/C24H26O6/c25-23(13-11-21-7-3-1-4-8-21)29-19-17-27-15-16-28-18-20-30-24(26)14-12-22-9-5-2-6-10-22/h1-14H,15-20H2. The second-order valence-electron chi connectivity index (χ2n) is 6.05. The lowest BCUT2D eigenvalue weighted by molar-refractivity contribution is -0.141. The molecule has 0 saturated heterocycles. The molecule has 0 atom stereocenters. The number of esters is 2. The molecule has 30 heavy (non-hydrogen) atoms. The Morgan fingerprint density at radius 3 is 1.33 bits per heavy atom. The Hall–Kier alpha value is -3.22. The summed E-state index contributed by atoms with van der Waals surface area (Å²) in [4.78, 5) is 23.1. The predicted octanol–water partition coefficient (Wildman–Crippen LogP) is 3.53. The highest BCUT2D eigenvalue weighted by molar-refractivity contribution is 5.87. The van der Waals surface area contributed by atoms with E-state index in [0.29, 0.717) is 13.2 Å². The number of ether oxygens (including phenoxy) is 4. The van der Waals surface area contributed by atoms with Crippen LogP contribution < -0.4 is 0 Å². The quantitative estimate of drug-likeness (QED) is 0.286. The van der Waals surface area contributed by atoms with Crippen LogP contribution in [-0.2, 0) is 28.5 Å². The van der Waals surface area contributed by atoms with E-state index in [9.17, 15) is 9.59 Å². The van der Waals surface area contributed by atoms with Gasteiger partial charge in [0.15, 0.2) is 0 Å². The summed E-state index contributed by atoms with van der Waals surface area (Å²) in [5.74, 6) is -0.830. The smallest absolute Gasteiger partial charge is 0.330 e. The lowest BCUT2D eigenvalue weighted by Gasteiger charge is -2.06. The molecule has 158 valence electrons. The van der Waals surface area contributed by atoms with E-state index in [1.54, 1.807) is 12.2 Å². The first-order valence-corrected chi connectivity index (χ1v) is 9.69. The molecule has 2 aromatic carbocycles. The van der Waals surface area contributed by atoms with Crippen molar-refractivity contribution in [3.8, 4) is 0 Å². The van der Waals surface area contributed by atoms with Crippen LogP contribution in [0.5, 0.6) is 0 Å². The first kappa shape index (κ1) is 23.1. The van der Waals surface area contributed by atoms with E-state index in [0.717, 1.165) is 11.1 Å². The lowest BCUT2D eigenvalue weighted by atomic mass is 10.2. The van der Waals surface area contributed by atoms with E-state index in [2.05, 4.69) is 0 Å². The normalized spacial score (nSPS) is 11.1. The van der Waals surface area contributed by atoms with Crippen molar-refractivity contribution in [3.05, 3.63) is 83.9 Å². The zero-order chi connectivity index (χ0) is 21.3. The van der Waals surface area contributed by atoms with E-state index < -0.39 is 11.9 Å². The maximum absolute atomic E-state index is 11.6. The highest BCUT2D eigenvalue weighted by Gasteiger charge is 1.99. The van der Waals surface area contributed by atoms with Crippen LogP contribution >= 0.6 is 0 Å². The van der Waals surface area contributed by atoms with Gasteiger partial charge in [-0.1, -0.05) is 60.7 Å². The Morgan fingerprint density at radius 2 is 0.933 bits per heavy atom. The van der Waals surface area contributed by atoms with Gasteiger partial charge in [0.2, 0.25) is 0 Å².